The van der Waals surface area contributed by atoms with E-state index >= 15 is 0 Å². The van der Waals surface area contributed by atoms with Gasteiger partial charge >= 0.3 is 5.97 Å². The maximum absolute atomic E-state index is 12.7. The minimum atomic E-state index is -3.94. The largest absolute Gasteiger partial charge is 0.477 e. The van der Waals surface area contributed by atoms with Crippen LogP contribution < -0.4 is 4.72 Å². The Kier molecular flexibility index (Phi) is 5.36. The molecule has 8 nitrogen and oxygen atoms in total. The molecule has 0 aliphatic heterocycles. The van der Waals surface area contributed by atoms with Crippen molar-refractivity contribution in [3.63, 3.8) is 0 Å². The SMILES string of the molecule is Cc1ccccc1S(=O)(=O)Nc1cc(-c2ccc(N=[N+]=[N-])cc2)sc1C(=O)O. The highest BCUT2D eigenvalue weighted by molar-refractivity contribution is 7.92. The number of rotatable bonds is 6. The van der Waals surface area contributed by atoms with Crippen molar-refractivity contribution in [1.29, 1.82) is 0 Å². The second-order valence-electron chi connectivity index (χ2n) is 5.77. The molecule has 0 radical (unpaired) electrons. The smallest absolute Gasteiger partial charge is 0.348 e. The Morgan fingerprint density at radius 2 is 1.86 bits per heavy atom. The summed E-state index contributed by atoms with van der Waals surface area (Å²) in [7, 11) is -3.94. The van der Waals surface area contributed by atoms with Crippen molar-refractivity contribution in [2.24, 2.45) is 5.11 Å². The number of thiophene rings is 1. The summed E-state index contributed by atoms with van der Waals surface area (Å²) in [5, 5.41) is 13.0. The zero-order valence-corrected chi connectivity index (χ0v) is 16.2. The summed E-state index contributed by atoms with van der Waals surface area (Å²) in [6.45, 7) is 1.66. The molecule has 1 aromatic heterocycles. The minimum Gasteiger partial charge on any atom is -0.477 e. The fraction of sp³-hybridized carbons (Fsp3) is 0.0556. The van der Waals surface area contributed by atoms with E-state index in [2.05, 4.69) is 14.7 Å². The lowest BCUT2D eigenvalue weighted by molar-refractivity contribution is 0.0703. The van der Waals surface area contributed by atoms with Gasteiger partial charge in [0.25, 0.3) is 10.0 Å². The Morgan fingerprint density at radius 1 is 1.18 bits per heavy atom. The van der Waals surface area contributed by atoms with Gasteiger partial charge < -0.3 is 5.11 Å². The van der Waals surface area contributed by atoms with Gasteiger partial charge in [-0.1, -0.05) is 47.6 Å². The molecular weight excluding hydrogens is 400 g/mol. The van der Waals surface area contributed by atoms with Gasteiger partial charge in [0.05, 0.1) is 10.6 Å². The number of aryl methyl sites for hydroxylation is 1. The predicted octanol–water partition coefficient (Wildman–Crippen LogP) is 5.16. The van der Waals surface area contributed by atoms with Crippen molar-refractivity contribution in [2.45, 2.75) is 11.8 Å². The summed E-state index contributed by atoms with van der Waals surface area (Å²) in [4.78, 5) is 14.8. The fourth-order valence-electron chi connectivity index (χ4n) is 2.57. The summed E-state index contributed by atoms with van der Waals surface area (Å²) < 4.78 is 27.8. The average molecular weight is 414 g/mol. The van der Waals surface area contributed by atoms with Crippen LogP contribution >= 0.6 is 11.3 Å². The maximum Gasteiger partial charge on any atom is 0.348 e. The number of azide groups is 1. The number of carboxylic acids is 1. The summed E-state index contributed by atoms with van der Waals surface area (Å²) in [6.07, 6.45) is 0. The molecule has 0 fully saturated rings. The standard InChI is InChI=1S/C18H14N4O4S2/c1-11-4-2-3-5-16(11)28(25,26)21-14-10-15(27-17(14)18(23)24)12-6-8-13(9-7-12)20-22-19/h2-10,21H,1H3,(H,23,24). The Hall–Kier alpha value is -3.33. The molecule has 0 aliphatic carbocycles. The van der Waals surface area contributed by atoms with E-state index in [1.165, 1.54) is 12.1 Å². The number of carbonyl (C=O) groups is 1. The van der Waals surface area contributed by atoms with Crippen molar-refractivity contribution in [2.75, 3.05) is 4.72 Å². The summed E-state index contributed by atoms with van der Waals surface area (Å²) in [6, 6.07) is 14.4. The fourth-order valence-corrected chi connectivity index (χ4v) is 4.90. The molecule has 2 aromatic carbocycles. The third kappa shape index (κ3) is 3.99. The number of carboxylic acid groups (broad SMARTS) is 1. The second-order valence-corrected chi connectivity index (χ2v) is 8.47. The first-order valence-electron chi connectivity index (χ1n) is 7.93. The van der Waals surface area contributed by atoms with Crippen molar-refractivity contribution in [3.05, 3.63) is 75.5 Å². The van der Waals surface area contributed by atoms with Crippen LogP contribution in [0.4, 0.5) is 11.4 Å². The minimum absolute atomic E-state index is 0.00475. The Bertz CT molecular complexity index is 1190. The molecule has 0 aliphatic rings. The first-order chi connectivity index (χ1) is 13.3. The molecule has 1 heterocycles. The van der Waals surface area contributed by atoms with E-state index in [9.17, 15) is 18.3 Å². The van der Waals surface area contributed by atoms with E-state index in [4.69, 9.17) is 5.53 Å². The first kappa shape index (κ1) is 19.4. The van der Waals surface area contributed by atoms with Crippen LogP contribution in [-0.4, -0.2) is 19.5 Å². The maximum atomic E-state index is 12.7. The number of hydrogen-bond acceptors (Lipinski definition) is 5. The Balaban J connectivity index is 2.01. The van der Waals surface area contributed by atoms with Crippen LogP contribution in [0.5, 0.6) is 0 Å². The number of nitrogens with zero attached hydrogens (tertiary/aromatic N) is 3. The zero-order valence-electron chi connectivity index (χ0n) is 14.5. The number of sulfonamides is 1. The van der Waals surface area contributed by atoms with E-state index in [1.54, 1.807) is 49.4 Å². The Labute approximate surface area is 164 Å². The molecule has 10 heteroatoms. The van der Waals surface area contributed by atoms with E-state index in [1.807, 2.05) is 0 Å². The van der Waals surface area contributed by atoms with Gasteiger partial charge in [0, 0.05) is 15.5 Å². The summed E-state index contributed by atoms with van der Waals surface area (Å²) in [5.74, 6) is -1.23. The highest BCUT2D eigenvalue weighted by Gasteiger charge is 2.23. The van der Waals surface area contributed by atoms with Gasteiger partial charge in [0.2, 0.25) is 0 Å². The predicted molar refractivity (Wildman–Crippen MR) is 108 cm³/mol. The van der Waals surface area contributed by atoms with Gasteiger partial charge in [-0.05, 0) is 35.7 Å². The first-order valence-corrected chi connectivity index (χ1v) is 10.2. The monoisotopic (exact) mass is 414 g/mol. The lowest BCUT2D eigenvalue weighted by Gasteiger charge is -2.09. The van der Waals surface area contributed by atoms with Crippen molar-refractivity contribution in [1.82, 2.24) is 0 Å². The third-order valence-electron chi connectivity index (χ3n) is 3.87. The molecule has 3 rings (SSSR count). The van der Waals surface area contributed by atoms with Gasteiger partial charge in [0.15, 0.2) is 0 Å². The van der Waals surface area contributed by atoms with Crippen LogP contribution in [0.25, 0.3) is 20.9 Å². The van der Waals surface area contributed by atoms with Gasteiger partial charge in [-0.25, -0.2) is 13.2 Å². The lowest BCUT2D eigenvalue weighted by Crippen LogP contribution is -2.15. The van der Waals surface area contributed by atoms with Crippen molar-refractivity contribution >= 4 is 38.7 Å². The van der Waals surface area contributed by atoms with Crippen LogP contribution in [0.1, 0.15) is 15.2 Å². The van der Waals surface area contributed by atoms with Crippen LogP contribution in [0.15, 0.2) is 64.6 Å². The number of nitrogens with one attached hydrogen (secondary N) is 1. The number of hydrogen-bond donors (Lipinski definition) is 2. The van der Waals surface area contributed by atoms with Crippen LogP contribution in [0.2, 0.25) is 0 Å². The van der Waals surface area contributed by atoms with Crippen molar-refractivity contribution < 1.29 is 18.3 Å². The lowest BCUT2D eigenvalue weighted by atomic mass is 10.1. The summed E-state index contributed by atoms with van der Waals surface area (Å²) >= 11 is 0.950. The molecule has 0 saturated carbocycles. The van der Waals surface area contributed by atoms with E-state index in [0.717, 1.165) is 11.3 Å². The number of aromatic carboxylic acids is 1. The second kappa shape index (κ2) is 7.73. The van der Waals surface area contributed by atoms with Gasteiger partial charge in [-0.2, -0.15) is 0 Å². The topological polar surface area (TPSA) is 132 Å². The van der Waals surface area contributed by atoms with Crippen LogP contribution in [-0.2, 0) is 10.0 Å². The molecule has 0 bridgehead atoms. The van der Waals surface area contributed by atoms with Crippen LogP contribution in [0, 0.1) is 6.92 Å². The molecular formula is C18H14N4O4S2. The molecule has 0 spiro atoms. The molecule has 2 N–H and O–H groups in total. The Morgan fingerprint density at radius 3 is 2.46 bits per heavy atom. The quantitative estimate of drug-likeness (QED) is 0.327. The molecule has 3 aromatic rings. The molecule has 0 saturated heterocycles. The molecule has 0 atom stereocenters. The number of anilines is 1. The van der Waals surface area contributed by atoms with Gasteiger partial charge in [0.1, 0.15) is 4.88 Å². The zero-order chi connectivity index (χ0) is 20.3. The number of benzene rings is 2. The van der Waals surface area contributed by atoms with Gasteiger partial charge in [-0.15, -0.1) is 11.3 Å². The van der Waals surface area contributed by atoms with E-state index < -0.39 is 16.0 Å². The van der Waals surface area contributed by atoms with Crippen LogP contribution in [0.3, 0.4) is 0 Å². The average Bonchev–Trinajstić information content (AvgIpc) is 3.06. The highest BCUT2D eigenvalue weighted by Crippen LogP contribution is 2.36. The summed E-state index contributed by atoms with van der Waals surface area (Å²) in [5.41, 5.74) is 10.1. The third-order valence-corrected chi connectivity index (χ3v) is 6.56. The molecule has 142 valence electrons. The van der Waals surface area contributed by atoms with Crippen molar-refractivity contribution in [3.8, 4) is 10.4 Å². The molecule has 0 amide bonds. The highest BCUT2D eigenvalue weighted by atomic mass is 32.2. The van der Waals surface area contributed by atoms with E-state index in [-0.39, 0.29) is 15.5 Å². The normalized spacial score (nSPS) is 10.9. The molecule has 28 heavy (non-hydrogen) atoms. The van der Waals surface area contributed by atoms with E-state index in [0.29, 0.717) is 21.7 Å². The van der Waals surface area contributed by atoms with Gasteiger partial charge in [-0.3, -0.25) is 4.72 Å². The molecule has 0 unspecified atom stereocenters.